The number of hydrogen-bond acceptors (Lipinski definition) is 3. The molecule has 0 saturated carbocycles. The molecule has 1 aromatic carbocycles. The lowest BCUT2D eigenvalue weighted by atomic mass is 9.89. The minimum absolute atomic E-state index is 0.716. The molecule has 1 aromatic rings. The predicted octanol–water partition coefficient (Wildman–Crippen LogP) is 1.60. The molecule has 2 aliphatic rings. The molecule has 0 aliphatic carbocycles. The van der Waals surface area contributed by atoms with Gasteiger partial charge in [0.2, 0.25) is 0 Å². The van der Waals surface area contributed by atoms with Gasteiger partial charge in [-0.25, -0.2) is 0 Å². The summed E-state index contributed by atoms with van der Waals surface area (Å²) in [5, 5.41) is 3.48. The molecule has 74 valence electrons. The third-order valence-corrected chi connectivity index (χ3v) is 4.09. The highest BCUT2D eigenvalue weighted by molar-refractivity contribution is 7.97. The molecule has 0 amide bonds. The van der Waals surface area contributed by atoms with Crippen molar-refractivity contribution in [1.29, 1.82) is 0 Å². The Morgan fingerprint density at radius 3 is 3.07 bits per heavy atom. The Morgan fingerprint density at radius 2 is 2.07 bits per heavy atom. The lowest BCUT2D eigenvalue weighted by Gasteiger charge is -2.15. The van der Waals surface area contributed by atoms with E-state index in [-0.39, 0.29) is 0 Å². The van der Waals surface area contributed by atoms with E-state index in [9.17, 15) is 0 Å². The molecule has 1 fully saturated rings. The molecule has 0 spiro atoms. The van der Waals surface area contributed by atoms with Crippen molar-refractivity contribution in [2.24, 2.45) is 5.92 Å². The molecule has 2 heterocycles. The quantitative estimate of drug-likeness (QED) is 0.631. The van der Waals surface area contributed by atoms with Gasteiger partial charge in [0.1, 0.15) is 0 Å². The van der Waals surface area contributed by atoms with E-state index in [2.05, 4.69) is 34.3 Å². The van der Waals surface area contributed by atoms with Gasteiger partial charge in [0.25, 0.3) is 0 Å². The summed E-state index contributed by atoms with van der Waals surface area (Å²) in [6.45, 7) is 3.42. The maximum atomic E-state index is 3.48. The molecular weight excluding hydrogens is 192 g/mol. The zero-order chi connectivity index (χ0) is 9.38. The highest BCUT2D eigenvalue weighted by Gasteiger charge is 2.31. The van der Waals surface area contributed by atoms with E-state index >= 15 is 0 Å². The predicted molar refractivity (Wildman–Crippen MR) is 59.4 cm³/mol. The zero-order valence-electron chi connectivity index (χ0n) is 7.99. The number of hydrogen-bond donors (Lipinski definition) is 2. The normalized spacial score (nSPS) is 30.6. The van der Waals surface area contributed by atoms with E-state index in [1.165, 1.54) is 10.5 Å². The van der Waals surface area contributed by atoms with Crippen LogP contribution < -0.4 is 10.0 Å². The van der Waals surface area contributed by atoms with Gasteiger partial charge in [0.15, 0.2) is 0 Å². The van der Waals surface area contributed by atoms with Crippen LogP contribution in [0, 0.1) is 5.92 Å². The van der Waals surface area contributed by atoms with Crippen LogP contribution in [0.15, 0.2) is 29.2 Å². The van der Waals surface area contributed by atoms with Crippen LogP contribution in [0.1, 0.15) is 11.5 Å². The minimum Gasteiger partial charge on any atom is -0.316 e. The van der Waals surface area contributed by atoms with E-state index in [1.807, 2.05) is 0 Å². The average molecular weight is 206 g/mol. The fourth-order valence-electron chi connectivity index (χ4n) is 2.42. The Kier molecular flexibility index (Phi) is 2.24. The van der Waals surface area contributed by atoms with Crippen LogP contribution in [0.5, 0.6) is 0 Å². The van der Waals surface area contributed by atoms with Gasteiger partial charge in [-0.3, -0.25) is 4.72 Å². The van der Waals surface area contributed by atoms with E-state index < -0.39 is 0 Å². The molecule has 0 unspecified atom stereocenters. The Bertz CT molecular complexity index is 340. The molecule has 2 N–H and O–H groups in total. The van der Waals surface area contributed by atoms with Gasteiger partial charge in [-0.1, -0.05) is 18.2 Å². The SMILES string of the molecule is c1ccc2c(c1)SNC[C@H]1CNC[C@H]21. The van der Waals surface area contributed by atoms with Gasteiger partial charge in [0, 0.05) is 23.9 Å². The summed E-state index contributed by atoms with van der Waals surface area (Å²) in [6.07, 6.45) is 0. The fraction of sp³-hybridized carbons (Fsp3) is 0.455. The summed E-state index contributed by atoms with van der Waals surface area (Å²) in [7, 11) is 0. The summed E-state index contributed by atoms with van der Waals surface area (Å²) in [6, 6.07) is 8.77. The molecule has 0 aromatic heterocycles. The van der Waals surface area contributed by atoms with Crippen molar-refractivity contribution in [3.05, 3.63) is 29.8 Å². The first-order chi connectivity index (χ1) is 6.95. The van der Waals surface area contributed by atoms with Crippen LogP contribution in [-0.2, 0) is 0 Å². The third-order valence-electron chi connectivity index (χ3n) is 3.19. The first-order valence-electron chi connectivity index (χ1n) is 5.14. The molecule has 3 rings (SSSR count). The average Bonchev–Trinajstić information content (AvgIpc) is 2.61. The minimum atomic E-state index is 0.716. The molecule has 2 aliphatic heterocycles. The summed E-state index contributed by atoms with van der Waals surface area (Å²) in [5.41, 5.74) is 1.53. The molecular formula is C11H14N2S. The van der Waals surface area contributed by atoms with E-state index in [0.29, 0.717) is 5.92 Å². The van der Waals surface area contributed by atoms with Crippen LogP contribution in [0.4, 0.5) is 0 Å². The van der Waals surface area contributed by atoms with E-state index in [0.717, 1.165) is 25.6 Å². The Labute approximate surface area is 88.6 Å². The van der Waals surface area contributed by atoms with Gasteiger partial charge in [0.05, 0.1) is 0 Å². The highest BCUT2D eigenvalue weighted by Crippen LogP contribution is 2.36. The molecule has 14 heavy (non-hydrogen) atoms. The fourth-order valence-corrected chi connectivity index (χ4v) is 3.35. The van der Waals surface area contributed by atoms with Gasteiger partial charge in [-0.2, -0.15) is 0 Å². The summed E-state index contributed by atoms with van der Waals surface area (Å²) < 4.78 is 3.45. The van der Waals surface area contributed by atoms with Gasteiger partial charge in [-0.15, -0.1) is 0 Å². The highest BCUT2D eigenvalue weighted by atomic mass is 32.2. The van der Waals surface area contributed by atoms with Crippen molar-refractivity contribution in [3.8, 4) is 0 Å². The maximum Gasteiger partial charge on any atom is 0.0263 e. The second-order valence-electron chi connectivity index (χ2n) is 4.01. The second kappa shape index (κ2) is 3.57. The number of benzene rings is 1. The molecule has 3 heteroatoms. The maximum absolute atomic E-state index is 3.48. The van der Waals surface area contributed by atoms with Crippen molar-refractivity contribution in [2.75, 3.05) is 19.6 Å². The lowest BCUT2D eigenvalue weighted by Crippen LogP contribution is -2.20. The first-order valence-corrected chi connectivity index (χ1v) is 5.96. The number of nitrogens with one attached hydrogen (secondary N) is 2. The van der Waals surface area contributed by atoms with Crippen LogP contribution in [0.2, 0.25) is 0 Å². The van der Waals surface area contributed by atoms with Crippen molar-refractivity contribution >= 4 is 11.9 Å². The topological polar surface area (TPSA) is 24.1 Å². The second-order valence-corrected chi connectivity index (χ2v) is 4.95. The zero-order valence-corrected chi connectivity index (χ0v) is 8.81. The van der Waals surface area contributed by atoms with Crippen molar-refractivity contribution in [1.82, 2.24) is 10.0 Å². The van der Waals surface area contributed by atoms with Crippen LogP contribution >= 0.6 is 11.9 Å². The van der Waals surface area contributed by atoms with Crippen LogP contribution in [0.25, 0.3) is 0 Å². The summed E-state index contributed by atoms with van der Waals surface area (Å²) in [5.74, 6) is 1.49. The number of fused-ring (bicyclic) bond motifs is 3. The largest absolute Gasteiger partial charge is 0.316 e. The van der Waals surface area contributed by atoms with Crippen molar-refractivity contribution < 1.29 is 0 Å². The first kappa shape index (κ1) is 8.77. The Balaban J connectivity index is 2.04. The molecule has 0 bridgehead atoms. The monoisotopic (exact) mass is 206 g/mol. The molecule has 1 saturated heterocycles. The van der Waals surface area contributed by atoms with Crippen molar-refractivity contribution in [2.45, 2.75) is 10.8 Å². The van der Waals surface area contributed by atoms with Crippen LogP contribution in [0.3, 0.4) is 0 Å². The summed E-state index contributed by atoms with van der Waals surface area (Å²) in [4.78, 5) is 1.41. The van der Waals surface area contributed by atoms with E-state index in [4.69, 9.17) is 0 Å². The van der Waals surface area contributed by atoms with Gasteiger partial charge < -0.3 is 5.32 Å². The van der Waals surface area contributed by atoms with E-state index in [1.54, 1.807) is 11.9 Å². The standard InChI is InChI=1S/C11H14N2S/c1-2-4-11-9(3-1)10-7-12-5-8(10)6-13-14-11/h1-4,8,10,12-13H,5-7H2/t8-,10+/m1/s1. The Morgan fingerprint density at radius 1 is 1.14 bits per heavy atom. The van der Waals surface area contributed by atoms with Gasteiger partial charge >= 0.3 is 0 Å². The molecule has 2 nitrogen and oxygen atoms in total. The Hall–Kier alpha value is -0.510. The molecule has 0 radical (unpaired) electrons. The third kappa shape index (κ3) is 1.36. The van der Waals surface area contributed by atoms with Crippen molar-refractivity contribution in [3.63, 3.8) is 0 Å². The lowest BCUT2D eigenvalue weighted by molar-refractivity contribution is 0.519. The smallest absolute Gasteiger partial charge is 0.0263 e. The van der Waals surface area contributed by atoms with Gasteiger partial charge in [-0.05, 0) is 36.0 Å². The number of rotatable bonds is 0. The molecule has 2 atom stereocenters. The van der Waals surface area contributed by atoms with Crippen LogP contribution in [-0.4, -0.2) is 19.6 Å². The summed E-state index contributed by atoms with van der Waals surface area (Å²) >= 11 is 1.79.